The number of likely N-dealkylation sites (tertiary alicyclic amines) is 1. The fourth-order valence-electron chi connectivity index (χ4n) is 9.30. The van der Waals surface area contributed by atoms with E-state index in [0.29, 0.717) is 52.7 Å². The third kappa shape index (κ3) is 11.3. The summed E-state index contributed by atoms with van der Waals surface area (Å²) in [5.41, 5.74) is 2.67. The number of hydrogen-bond donors (Lipinski definition) is 4. The van der Waals surface area contributed by atoms with Crippen LogP contribution in [0.25, 0.3) is 11.1 Å². The first kappa shape index (κ1) is 49.0. The van der Waals surface area contributed by atoms with Crippen LogP contribution < -0.4 is 25.4 Å². The SMILES string of the molecule is CC1(C)C(NC(=O)c2ccc(-c3ccc(OCCCCC(=O)N[C@H](C(=O)N4C[C@H](O)C[C@H]4C(=O)NCc4ccc(C#N)cc4)C(C)(C)C)cc3)cc2)C(C)(C)C1Oc1ccc(C#N)c(Cl)c1. The second-order valence-electron chi connectivity index (χ2n) is 19.5. The maximum Gasteiger partial charge on any atom is 0.251 e. The number of ether oxygens (including phenoxy) is 2. The van der Waals surface area contributed by atoms with Crippen LogP contribution in [0.3, 0.4) is 0 Å². The molecule has 4 aromatic carbocycles. The van der Waals surface area contributed by atoms with Crippen LogP contribution in [-0.2, 0) is 20.9 Å². The summed E-state index contributed by atoms with van der Waals surface area (Å²) in [6.45, 7) is 14.4. The van der Waals surface area contributed by atoms with Gasteiger partial charge in [-0.2, -0.15) is 10.5 Å². The van der Waals surface area contributed by atoms with Crippen LogP contribution in [0, 0.1) is 38.9 Å². The smallest absolute Gasteiger partial charge is 0.251 e. The zero-order valence-electron chi connectivity index (χ0n) is 38.6. The molecule has 4 amide bonds. The average molecular weight is 916 g/mol. The predicted octanol–water partition coefficient (Wildman–Crippen LogP) is 7.72. The molecular formula is C52H59ClN6O7. The van der Waals surface area contributed by atoms with Gasteiger partial charge in [-0.15, -0.1) is 0 Å². The lowest BCUT2D eigenvalue weighted by atomic mass is 9.49. The normalized spacial score (nSPS) is 19.8. The number of halogens is 1. The van der Waals surface area contributed by atoms with Crippen LogP contribution in [0.15, 0.2) is 91.0 Å². The largest absolute Gasteiger partial charge is 0.494 e. The number of benzene rings is 4. The number of β-amino-alcohol motifs (C(OH)–C–C–N with tert-alkyl or cyclic N) is 1. The topological polar surface area (TPSA) is 194 Å². The Morgan fingerprint density at radius 1 is 0.864 bits per heavy atom. The number of aliphatic hydroxyl groups excluding tert-OH is 1. The van der Waals surface area contributed by atoms with Gasteiger partial charge in [0, 0.05) is 54.4 Å². The minimum Gasteiger partial charge on any atom is -0.494 e. The van der Waals surface area contributed by atoms with Crippen LogP contribution in [0.5, 0.6) is 11.5 Å². The van der Waals surface area contributed by atoms with Gasteiger partial charge in [0.2, 0.25) is 17.7 Å². The van der Waals surface area contributed by atoms with E-state index in [1.54, 1.807) is 42.5 Å². The molecule has 14 heteroatoms. The molecule has 1 aliphatic carbocycles. The maximum absolute atomic E-state index is 13.9. The monoisotopic (exact) mass is 914 g/mol. The Balaban J connectivity index is 0.936. The molecule has 0 spiro atoms. The molecule has 13 nitrogen and oxygen atoms in total. The van der Waals surface area contributed by atoms with Crippen LogP contribution in [0.2, 0.25) is 5.02 Å². The lowest BCUT2D eigenvalue weighted by Crippen LogP contribution is -2.74. The van der Waals surface area contributed by atoms with Gasteiger partial charge in [-0.1, -0.05) is 96.5 Å². The molecule has 2 aliphatic rings. The molecule has 2 fully saturated rings. The summed E-state index contributed by atoms with van der Waals surface area (Å²) in [4.78, 5) is 55.2. The maximum atomic E-state index is 13.9. The molecule has 4 N–H and O–H groups in total. The van der Waals surface area contributed by atoms with Crippen molar-refractivity contribution in [3.63, 3.8) is 0 Å². The Morgan fingerprint density at radius 3 is 2.08 bits per heavy atom. The van der Waals surface area contributed by atoms with E-state index in [0.717, 1.165) is 16.7 Å². The number of carbonyl (C=O) groups is 4. The molecule has 4 aromatic rings. The van der Waals surface area contributed by atoms with Crippen molar-refractivity contribution in [1.82, 2.24) is 20.9 Å². The van der Waals surface area contributed by atoms with Crippen molar-refractivity contribution in [3.05, 3.63) is 118 Å². The third-order valence-electron chi connectivity index (χ3n) is 12.7. The minimum atomic E-state index is -0.920. The van der Waals surface area contributed by atoms with Gasteiger partial charge in [0.15, 0.2) is 0 Å². The van der Waals surface area contributed by atoms with E-state index in [1.165, 1.54) is 4.90 Å². The molecule has 1 saturated carbocycles. The number of nitriles is 2. The average Bonchev–Trinajstić information content (AvgIpc) is 3.69. The zero-order chi connectivity index (χ0) is 48.0. The summed E-state index contributed by atoms with van der Waals surface area (Å²) < 4.78 is 12.3. The predicted molar refractivity (Wildman–Crippen MR) is 251 cm³/mol. The Hall–Kier alpha value is -6.41. The van der Waals surface area contributed by atoms with Gasteiger partial charge in [0.05, 0.1) is 34.9 Å². The number of nitrogens with zero attached hydrogens (tertiary/aromatic N) is 3. The quantitative estimate of drug-likeness (QED) is 0.0815. The Kier molecular flexibility index (Phi) is 15.2. The number of nitrogens with one attached hydrogen (secondary N) is 3. The minimum absolute atomic E-state index is 0.0171. The van der Waals surface area contributed by atoms with Crippen molar-refractivity contribution >= 4 is 35.2 Å². The Morgan fingerprint density at radius 2 is 1.48 bits per heavy atom. The molecule has 0 bridgehead atoms. The van der Waals surface area contributed by atoms with E-state index in [4.69, 9.17) is 26.3 Å². The number of rotatable bonds is 16. The summed E-state index contributed by atoms with van der Waals surface area (Å²) in [6, 6.07) is 29.1. The van der Waals surface area contributed by atoms with Crippen molar-refractivity contribution in [3.8, 4) is 34.8 Å². The van der Waals surface area contributed by atoms with Crippen molar-refractivity contribution in [2.24, 2.45) is 16.2 Å². The summed E-state index contributed by atoms with van der Waals surface area (Å²) >= 11 is 6.24. The number of unbranched alkanes of at least 4 members (excludes halogenated alkanes) is 1. The first-order valence-corrected chi connectivity index (χ1v) is 22.7. The fraction of sp³-hybridized carbons (Fsp3) is 0.423. The van der Waals surface area contributed by atoms with E-state index in [9.17, 15) is 29.5 Å². The second-order valence-corrected chi connectivity index (χ2v) is 19.9. The van der Waals surface area contributed by atoms with Crippen molar-refractivity contribution in [2.75, 3.05) is 13.2 Å². The molecule has 346 valence electrons. The first-order valence-electron chi connectivity index (χ1n) is 22.3. The van der Waals surface area contributed by atoms with Crippen molar-refractivity contribution < 1.29 is 33.8 Å². The van der Waals surface area contributed by atoms with Gasteiger partial charge in [-0.3, -0.25) is 19.2 Å². The summed E-state index contributed by atoms with van der Waals surface area (Å²) in [5, 5.41) is 38.1. The molecular weight excluding hydrogens is 856 g/mol. The molecule has 0 unspecified atom stereocenters. The van der Waals surface area contributed by atoms with E-state index in [2.05, 4.69) is 55.8 Å². The molecule has 1 aliphatic heterocycles. The van der Waals surface area contributed by atoms with E-state index >= 15 is 0 Å². The number of carbonyl (C=O) groups excluding carboxylic acids is 4. The Bertz CT molecular complexity index is 2470. The van der Waals surface area contributed by atoms with E-state index < -0.39 is 35.4 Å². The molecule has 3 atom stereocenters. The van der Waals surface area contributed by atoms with Crippen molar-refractivity contribution in [1.29, 1.82) is 10.5 Å². The highest BCUT2D eigenvalue weighted by Crippen LogP contribution is 2.55. The van der Waals surface area contributed by atoms with Crippen molar-refractivity contribution in [2.45, 2.75) is 111 Å². The molecule has 0 aromatic heterocycles. The summed E-state index contributed by atoms with van der Waals surface area (Å²) in [5.74, 6) is -0.0408. The van der Waals surface area contributed by atoms with Crippen LogP contribution in [0.4, 0.5) is 0 Å². The first-order chi connectivity index (χ1) is 31.2. The number of aliphatic hydroxyl groups is 1. The van der Waals surface area contributed by atoms with Gasteiger partial charge in [-0.25, -0.2) is 0 Å². The second kappa shape index (κ2) is 20.4. The van der Waals surface area contributed by atoms with Gasteiger partial charge in [0.1, 0.15) is 35.8 Å². The fourth-order valence-corrected chi connectivity index (χ4v) is 9.52. The number of hydrogen-bond acceptors (Lipinski definition) is 9. The van der Waals surface area contributed by atoms with Gasteiger partial charge in [-0.05, 0) is 83.5 Å². The van der Waals surface area contributed by atoms with Crippen LogP contribution >= 0.6 is 11.6 Å². The van der Waals surface area contributed by atoms with Crippen LogP contribution in [0.1, 0.15) is 101 Å². The molecule has 0 radical (unpaired) electrons. The highest BCUT2D eigenvalue weighted by Gasteiger charge is 2.64. The van der Waals surface area contributed by atoms with Gasteiger partial charge < -0.3 is 35.4 Å². The lowest BCUT2D eigenvalue weighted by molar-refractivity contribution is -0.164. The summed E-state index contributed by atoms with van der Waals surface area (Å²) in [7, 11) is 0. The standard InChI is InChI=1S/C52H59ClN6O7/c1-50(2,3)44(47(64)59-31-38(60)26-42(59)46(63)56-30-33-13-11-32(28-54)12-14-33)57-43(61)10-8-9-25-65-39-22-19-35(20-23-39)34-15-17-36(18-16-34)45(62)58-48-51(4,5)49(52(48,6)7)66-40-24-21-37(29-55)41(53)27-40/h11-24,27,38,42,44,48-49,60H,8-10,25-26,30-31H2,1-7H3,(H,56,63)(H,57,61)(H,58,62)/t38-,42+,44-,48?,49?/m1/s1. The third-order valence-corrected chi connectivity index (χ3v) is 13.0. The van der Waals surface area contributed by atoms with E-state index in [-0.39, 0.29) is 60.7 Å². The number of amides is 4. The zero-order valence-corrected chi connectivity index (χ0v) is 39.4. The molecule has 6 rings (SSSR count). The van der Waals surface area contributed by atoms with Crippen LogP contribution in [-0.4, -0.2) is 77.1 Å². The van der Waals surface area contributed by atoms with E-state index in [1.807, 2.05) is 69.3 Å². The highest BCUT2D eigenvalue weighted by atomic mass is 35.5. The molecule has 66 heavy (non-hydrogen) atoms. The molecule has 1 saturated heterocycles. The summed E-state index contributed by atoms with van der Waals surface area (Å²) in [6.07, 6.45) is 0.296. The van der Waals surface area contributed by atoms with Gasteiger partial charge >= 0.3 is 0 Å². The highest BCUT2D eigenvalue weighted by molar-refractivity contribution is 6.31. The molecule has 1 heterocycles. The van der Waals surface area contributed by atoms with Gasteiger partial charge in [0.25, 0.3) is 5.91 Å². The Labute approximate surface area is 392 Å². The lowest BCUT2D eigenvalue weighted by Gasteiger charge is -2.63.